The maximum absolute atomic E-state index is 12.1. The average Bonchev–Trinajstić information content (AvgIpc) is 2.63. The molecule has 1 atom stereocenters. The highest BCUT2D eigenvalue weighted by Crippen LogP contribution is 2.27. The van der Waals surface area contributed by atoms with Crippen LogP contribution in [-0.4, -0.2) is 26.1 Å². The molecule has 25 heavy (non-hydrogen) atoms. The molecular weight excluding hydrogens is 336 g/mol. The Morgan fingerprint density at radius 2 is 1.96 bits per heavy atom. The van der Waals surface area contributed by atoms with Gasteiger partial charge in [0, 0.05) is 30.5 Å². The van der Waals surface area contributed by atoms with Gasteiger partial charge in [-0.2, -0.15) is 0 Å². The predicted molar refractivity (Wildman–Crippen MR) is 104 cm³/mol. The van der Waals surface area contributed by atoms with Crippen LogP contribution in [0.4, 0.5) is 5.69 Å². The Bertz CT molecular complexity index is 677. The minimum atomic E-state index is 0.0304. The lowest BCUT2D eigenvalue weighted by Gasteiger charge is -2.16. The largest absolute Gasteiger partial charge is 0.495 e. The molecule has 0 aliphatic heterocycles. The number of halogens is 1. The fraction of sp³-hybridized carbons (Fsp3) is 0.350. The van der Waals surface area contributed by atoms with Crippen LogP contribution in [0.25, 0.3) is 0 Å². The first-order chi connectivity index (χ1) is 12.1. The second-order valence-electron chi connectivity index (χ2n) is 5.84. The molecule has 2 rings (SSSR count). The van der Waals surface area contributed by atoms with Crippen LogP contribution >= 0.6 is 11.6 Å². The molecule has 2 N–H and O–H groups in total. The maximum Gasteiger partial charge on any atom is 0.221 e. The summed E-state index contributed by atoms with van der Waals surface area (Å²) in [5, 5.41) is 6.85. The molecule has 4 nitrogen and oxygen atoms in total. The van der Waals surface area contributed by atoms with Gasteiger partial charge in [0.25, 0.3) is 0 Å². The summed E-state index contributed by atoms with van der Waals surface area (Å²) < 4.78 is 5.28. The molecule has 0 aliphatic rings. The van der Waals surface area contributed by atoms with E-state index in [1.165, 1.54) is 5.56 Å². The maximum atomic E-state index is 12.1. The van der Waals surface area contributed by atoms with E-state index in [0.29, 0.717) is 36.2 Å². The van der Waals surface area contributed by atoms with Crippen molar-refractivity contribution in [1.29, 1.82) is 0 Å². The third-order valence-corrected chi connectivity index (χ3v) is 4.37. The number of ether oxygens (including phenoxy) is 1. The second-order valence-corrected chi connectivity index (χ2v) is 6.28. The molecule has 1 amide bonds. The van der Waals surface area contributed by atoms with Gasteiger partial charge in [-0.15, -0.1) is 0 Å². The fourth-order valence-electron chi connectivity index (χ4n) is 2.68. The highest BCUT2D eigenvalue weighted by molar-refractivity contribution is 6.30. The Hall–Kier alpha value is -2.20. The molecule has 0 saturated heterocycles. The molecule has 134 valence electrons. The van der Waals surface area contributed by atoms with Crippen LogP contribution in [0.2, 0.25) is 5.02 Å². The van der Waals surface area contributed by atoms with Gasteiger partial charge >= 0.3 is 0 Å². The summed E-state index contributed by atoms with van der Waals surface area (Å²) >= 11 is 6.00. The molecule has 0 spiro atoms. The number of amides is 1. The van der Waals surface area contributed by atoms with Gasteiger partial charge in [0.2, 0.25) is 5.91 Å². The molecule has 0 radical (unpaired) electrons. The zero-order valence-corrected chi connectivity index (χ0v) is 15.5. The summed E-state index contributed by atoms with van der Waals surface area (Å²) in [5.41, 5.74) is 2.05. The molecular formula is C20H25ClN2O2. The summed E-state index contributed by atoms with van der Waals surface area (Å²) in [6.45, 7) is 3.31. The molecule has 0 fully saturated rings. The lowest BCUT2D eigenvalue weighted by molar-refractivity contribution is -0.120. The molecule has 1 unspecified atom stereocenters. The number of anilines is 1. The van der Waals surface area contributed by atoms with Gasteiger partial charge in [-0.25, -0.2) is 0 Å². The molecule has 0 saturated carbocycles. The van der Waals surface area contributed by atoms with Crippen LogP contribution in [0, 0.1) is 0 Å². The number of nitrogens with one attached hydrogen (secondary N) is 2. The van der Waals surface area contributed by atoms with Gasteiger partial charge in [-0.05, 0) is 30.2 Å². The number of hydrogen-bond donors (Lipinski definition) is 2. The minimum absolute atomic E-state index is 0.0304. The van der Waals surface area contributed by atoms with Crippen LogP contribution in [0.15, 0.2) is 48.5 Å². The van der Waals surface area contributed by atoms with Gasteiger partial charge in [0.15, 0.2) is 0 Å². The average molecular weight is 361 g/mol. The van der Waals surface area contributed by atoms with Crippen molar-refractivity contribution in [1.82, 2.24) is 5.32 Å². The van der Waals surface area contributed by atoms with E-state index in [1.54, 1.807) is 25.3 Å². The van der Waals surface area contributed by atoms with E-state index < -0.39 is 0 Å². The van der Waals surface area contributed by atoms with Crippen molar-refractivity contribution < 1.29 is 9.53 Å². The van der Waals surface area contributed by atoms with E-state index in [4.69, 9.17) is 16.3 Å². The zero-order valence-electron chi connectivity index (χ0n) is 14.7. The van der Waals surface area contributed by atoms with E-state index in [1.807, 2.05) is 18.2 Å². The predicted octanol–water partition coefficient (Wildman–Crippen LogP) is 4.46. The lowest BCUT2D eigenvalue weighted by atomic mass is 9.96. The van der Waals surface area contributed by atoms with Crippen LogP contribution in [0.1, 0.15) is 31.2 Å². The topological polar surface area (TPSA) is 50.4 Å². The Balaban J connectivity index is 1.78. The molecule has 0 aliphatic carbocycles. The van der Waals surface area contributed by atoms with E-state index >= 15 is 0 Å². The van der Waals surface area contributed by atoms with E-state index in [2.05, 4.69) is 29.7 Å². The normalized spacial score (nSPS) is 11.6. The fourth-order valence-corrected chi connectivity index (χ4v) is 2.85. The summed E-state index contributed by atoms with van der Waals surface area (Å²) in [6, 6.07) is 15.6. The Morgan fingerprint density at radius 3 is 2.64 bits per heavy atom. The number of carbonyl (C=O) groups is 1. The molecule has 0 heterocycles. The Kier molecular flexibility index (Phi) is 7.61. The van der Waals surface area contributed by atoms with Crippen molar-refractivity contribution in [3.05, 3.63) is 59.1 Å². The number of methoxy groups -OCH3 is 1. The summed E-state index contributed by atoms with van der Waals surface area (Å²) in [6.07, 6.45) is 1.38. The third kappa shape index (κ3) is 5.98. The third-order valence-electron chi connectivity index (χ3n) is 4.14. The van der Waals surface area contributed by atoms with Crippen LogP contribution < -0.4 is 15.4 Å². The summed E-state index contributed by atoms with van der Waals surface area (Å²) in [5.74, 6) is 1.08. The summed E-state index contributed by atoms with van der Waals surface area (Å²) in [7, 11) is 1.61. The van der Waals surface area contributed by atoms with Crippen molar-refractivity contribution in [2.24, 2.45) is 0 Å². The first-order valence-corrected chi connectivity index (χ1v) is 8.91. The molecule has 5 heteroatoms. The smallest absolute Gasteiger partial charge is 0.221 e. The van der Waals surface area contributed by atoms with Gasteiger partial charge in [0.05, 0.1) is 12.8 Å². The van der Waals surface area contributed by atoms with E-state index in [9.17, 15) is 4.79 Å². The van der Waals surface area contributed by atoms with Gasteiger partial charge in [0.1, 0.15) is 5.75 Å². The van der Waals surface area contributed by atoms with E-state index in [-0.39, 0.29) is 5.91 Å². The zero-order chi connectivity index (χ0) is 18.1. The Morgan fingerprint density at radius 1 is 1.20 bits per heavy atom. The first kappa shape index (κ1) is 19.1. The number of carbonyl (C=O) groups excluding carboxylic acids is 1. The Labute approximate surface area is 154 Å². The van der Waals surface area contributed by atoms with Gasteiger partial charge < -0.3 is 15.4 Å². The molecule has 2 aromatic carbocycles. The number of hydrogen-bond acceptors (Lipinski definition) is 3. The minimum Gasteiger partial charge on any atom is -0.495 e. The van der Waals surface area contributed by atoms with Crippen molar-refractivity contribution in [3.63, 3.8) is 0 Å². The number of rotatable bonds is 9. The van der Waals surface area contributed by atoms with Crippen LogP contribution in [-0.2, 0) is 4.79 Å². The van der Waals surface area contributed by atoms with Crippen LogP contribution in [0.3, 0.4) is 0 Å². The standard InChI is InChI=1S/C20H25ClN2O2/c1-3-15(16-7-5-4-6-8-16)14-23-20(24)11-12-22-18-13-17(21)9-10-19(18)25-2/h4-10,13,15,22H,3,11-12,14H2,1-2H3,(H,23,24). The SMILES string of the molecule is CCC(CNC(=O)CCNc1cc(Cl)ccc1OC)c1ccccc1. The molecule has 2 aromatic rings. The summed E-state index contributed by atoms with van der Waals surface area (Å²) in [4.78, 5) is 12.1. The number of benzene rings is 2. The lowest BCUT2D eigenvalue weighted by Crippen LogP contribution is -2.29. The molecule has 0 aromatic heterocycles. The van der Waals surface area contributed by atoms with Gasteiger partial charge in [-0.1, -0.05) is 48.9 Å². The monoisotopic (exact) mass is 360 g/mol. The molecule has 0 bridgehead atoms. The quantitative estimate of drug-likeness (QED) is 0.694. The van der Waals surface area contributed by atoms with E-state index in [0.717, 1.165) is 12.1 Å². The van der Waals surface area contributed by atoms with Crippen LogP contribution in [0.5, 0.6) is 5.75 Å². The van der Waals surface area contributed by atoms with Gasteiger partial charge in [-0.3, -0.25) is 4.79 Å². The van der Waals surface area contributed by atoms with Crippen molar-refractivity contribution in [2.75, 3.05) is 25.5 Å². The first-order valence-electron chi connectivity index (χ1n) is 8.53. The highest BCUT2D eigenvalue weighted by atomic mass is 35.5. The van der Waals surface area contributed by atoms with Crippen molar-refractivity contribution in [3.8, 4) is 5.75 Å². The van der Waals surface area contributed by atoms with Crippen molar-refractivity contribution >= 4 is 23.2 Å². The second kappa shape index (κ2) is 9.94. The van der Waals surface area contributed by atoms with Crippen molar-refractivity contribution in [2.45, 2.75) is 25.7 Å². The highest BCUT2D eigenvalue weighted by Gasteiger charge is 2.11.